The van der Waals surface area contributed by atoms with Gasteiger partial charge in [0.1, 0.15) is 11.8 Å². The summed E-state index contributed by atoms with van der Waals surface area (Å²) in [6, 6.07) is 2.29. The van der Waals surface area contributed by atoms with Gasteiger partial charge < -0.3 is 10.5 Å². The minimum Gasteiger partial charge on any atom is -0.496 e. The van der Waals surface area contributed by atoms with Gasteiger partial charge in [0.05, 0.1) is 7.11 Å². The van der Waals surface area contributed by atoms with E-state index in [1.165, 1.54) is 19.2 Å². The molecule has 0 aromatic heterocycles. The van der Waals surface area contributed by atoms with E-state index in [9.17, 15) is 13.2 Å². The van der Waals surface area contributed by atoms with Crippen molar-refractivity contribution in [1.29, 1.82) is 0 Å². The summed E-state index contributed by atoms with van der Waals surface area (Å²) in [4.78, 5) is 0. The summed E-state index contributed by atoms with van der Waals surface area (Å²) in [5, 5.41) is 0. The maximum absolute atomic E-state index is 12.4. The quantitative estimate of drug-likeness (QED) is 0.906. The van der Waals surface area contributed by atoms with Gasteiger partial charge in [0.15, 0.2) is 0 Å². The molecular weight excluding hydrogens is 275 g/mol. The molecule has 6 heteroatoms. The average molecular weight is 284 g/mol. The predicted octanol–water partition coefficient (Wildman–Crippen LogP) is 3.02. The summed E-state index contributed by atoms with van der Waals surface area (Å²) in [6.07, 6.45) is -4.48. The summed E-state index contributed by atoms with van der Waals surface area (Å²) in [5.74, 6) is 0.128. The predicted molar refractivity (Wildman–Crippen MR) is 53.7 cm³/mol. The van der Waals surface area contributed by atoms with Gasteiger partial charge in [0.2, 0.25) is 0 Å². The summed E-state index contributed by atoms with van der Waals surface area (Å²) < 4.78 is 42.5. The normalized spacial score (nSPS) is 13.7. The molecule has 0 heterocycles. The zero-order chi connectivity index (χ0) is 11.6. The van der Waals surface area contributed by atoms with Crippen molar-refractivity contribution in [1.82, 2.24) is 0 Å². The van der Waals surface area contributed by atoms with E-state index in [0.717, 1.165) is 0 Å². The average Bonchev–Trinajstić information content (AvgIpc) is 2.15. The molecule has 0 saturated heterocycles. The van der Waals surface area contributed by atoms with Crippen molar-refractivity contribution in [3.63, 3.8) is 0 Å². The Morgan fingerprint density at radius 2 is 2.00 bits per heavy atom. The first-order valence-electron chi connectivity index (χ1n) is 4.02. The Labute approximate surface area is 93.3 Å². The van der Waals surface area contributed by atoms with Crippen LogP contribution < -0.4 is 10.5 Å². The molecule has 0 saturated carbocycles. The first-order valence-corrected chi connectivity index (χ1v) is 4.81. The maximum atomic E-state index is 12.4. The zero-order valence-electron chi connectivity index (χ0n) is 7.81. The van der Waals surface area contributed by atoms with Crippen LogP contribution in [0.25, 0.3) is 0 Å². The molecule has 1 rings (SSSR count). The molecule has 0 fully saturated rings. The molecule has 1 aromatic carbocycles. The van der Waals surface area contributed by atoms with E-state index in [-0.39, 0.29) is 11.3 Å². The van der Waals surface area contributed by atoms with E-state index in [1.54, 1.807) is 6.07 Å². The number of nitrogens with two attached hydrogens (primary N) is 1. The van der Waals surface area contributed by atoms with Crippen molar-refractivity contribution < 1.29 is 17.9 Å². The summed E-state index contributed by atoms with van der Waals surface area (Å²) in [7, 11) is 1.30. The Bertz CT molecular complexity index is 354. The van der Waals surface area contributed by atoms with Crippen LogP contribution in [0.3, 0.4) is 0 Å². The lowest BCUT2D eigenvalue weighted by atomic mass is 10.1. The van der Waals surface area contributed by atoms with Crippen LogP contribution in [0.4, 0.5) is 13.2 Å². The molecule has 15 heavy (non-hydrogen) atoms. The van der Waals surface area contributed by atoms with Crippen LogP contribution in [-0.2, 0) is 0 Å². The Morgan fingerprint density at radius 3 is 2.47 bits per heavy atom. The number of benzene rings is 1. The number of alkyl halides is 3. The highest BCUT2D eigenvalue weighted by Gasteiger charge is 2.39. The summed E-state index contributed by atoms with van der Waals surface area (Å²) in [5.41, 5.74) is 5.01. The molecule has 0 bridgehead atoms. The number of hydrogen-bond donors (Lipinski definition) is 1. The van der Waals surface area contributed by atoms with Gasteiger partial charge in [-0.1, -0.05) is 15.9 Å². The van der Waals surface area contributed by atoms with Crippen molar-refractivity contribution in [2.24, 2.45) is 5.73 Å². The zero-order valence-corrected chi connectivity index (χ0v) is 9.39. The van der Waals surface area contributed by atoms with Crippen molar-refractivity contribution in [3.8, 4) is 5.75 Å². The fraction of sp³-hybridized carbons (Fsp3) is 0.333. The molecule has 0 unspecified atom stereocenters. The number of ether oxygens (including phenoxy) is 1. The third-order valence-electron chi connectivity index (χ3n) is 1.88. The summed E-state index contributed by atoms with van der Waals surface area (Å²) >= 11 is 3.08. The van der Waals surface area contributed by atoms with Gasteiger partial charge in [0.25, 0.3) is 0 Å². The number of rotatable bonds is 2. The third-order valence-corrected chi connectivity index (χ3v) is 2.37. The van der Waals surface area contributed by atoms with E-state index in [4.69, 9.17) is 10.5 Å². The fourth-order valence-electron chi connectivity index (χ4n) is 1.12. The fourth-order valence-corrected chi connectivity index (χ4v) is 1.50. The number of hydrogen-bond acceptors (Lipinski definition) is 2. The van der Waals surface area contributed by atoms with Gasteiger partial charge in [-0.2, -0.15) is 13.2 Å². The van der Waals surface area contributed by atoms with Gasteiger partial charge in [0, 0.05) is 10.0 Å². The van der Waals surface area contributed by atoms with Crippen LogP contribution >= 0.6 is 15.9 Å². The molecule has 84 valence electrons. The molecule has 0 aliphatic carbocycles. The first-order chi connectivity index (χ1) is 6.86. The van der Waals surface area contributed by atoms with Crippen molar-refractivity contribution in [2.45, 2.75) is 12.2 Å². The molecule has 0 amide bonds. The molecule has 2 nitrogen and oxygen atoms in total. The highest BCUT2D eigenvalue weighted by atomic mass is 79.9. The van der Waals surface area contributed by atoms with E-state index in [1.807, 2.05) is 0 Å². The third kappa shape index (κ3) is 2.85. The van der Waals surface area contributed by atoms with Gasteiger partial charge in [-0.05, 0) is 18.2 Å². The van der Waals surface area contributed by atoms with Crippen LogP contribution in [0.5, 0.6) is 5.75 Å². The monoisotopic (exact) mass is 283 g/mol. The summed E-state index contributed by atoms with van der Waals surface area (Å²) in [6.45, 7) is 0. The smallest absolute Gasteiger partial charge is 0.407 e. The second kappa shape index (κ2) is 4.40. The van der Waals surface area contributed by atoms with E-state index in [2.05, 4.69) is 15.9 Å². The SMILES string of the molecule is COc1ccc(Br)cc1[C@H](N)C(F)(F)F. The van der Waals surface area contributed by atoms with Crippen molar-refractivity contribution >= 4 is 15.9 Å². The van der Waals surface area contributed by atoms with Crippen LogP contribution in [-0.4, -0.2) is 13.3 Å². The Balaban J connectivity index is 3.17. The van der Waals surface area contributed by atoms with Gasteiger partial charge >= 0.3 is 6.18 Å². The Kier molecular flexibility index (Phi) is 3.62. The lowest BCUT2D eigenvalue weighted by Crippen LogP contribution is -2.28. The molecule has 0 radical (unpaired) electrons. The molecular formula is C9H9BrF3NO. The van der Waals surface area contributed by atoms with Crippen LogP contribution in [0.15, 0.2) is 22.7 Å². The van der Waals surface area contributed by atoms with Gasteiger partial charge in [-0.15, -0.1) is 0 Å². The maximum Gasteiger partial charge on any atom is 0.407 e. The number of methoxy groups -OCH3 is 1. The standard InChI is InChI=1S/C9H9BrF3NO/c1-15-7-3-2-5(10)4-6(7)8(14)9(11,12)13/h2-4,8H,14H2,1H3/t8-/m0/s1. The van der Waals surface area contributed by atoms with E-state index >= 15 is 0 Å². The molecule has 0 spiro atoms. The lowest BCUT2D eigenvalue weighted by Gasteiger charge is -2.18. The van der Waals surface area contributed by atoms with Gasteiger partial charge in [-0.3, -0.25) is 0 Å². The molecule has 2 N–H and O–H groups in total. The molecule has 1 atom stereocenters. The molecule has 0 aliphatic heterocycles. The number of halogens is 4. The van der Waals surface area contributed by atoms with Crippen molar-refractivity contribution in [3.05, 3.63) is 28.2 Å². The van der Waals surface area contributed by atoms with Crippen LogP contribution in [0.2, 0.25) is 0 Å². The lowest BCUT2D eigenvalue weighted by molar-refractivity contribution is -0.149. The van der Waals surface area contributed by atoms with Crippen molar-refractivity contribution in [2.75, 3.05) is 7.11 Å². The van der Waals surface area contributed by atoms with Gasteiger partial charge in [-0.25, -0.2) is 0 Å². The largest absolute Gasteiger partial charge is 0.496 e. The Hall–Kier alpha value is -0.750. The van der Waals surface area contributed by atoms with Crippen LogP contribution in [0, 0.1) is 0 Å². The Morgan fingerprint density at radius 1 is 1.40 bits per heavy atom. The molecule has 1 aromatic rings. The highest BCUT2D eigenvalue weighted by Crippen LogP contribution is 2.36. The minimum atomic E-state index is -4.48. The minimum absolute atomic E-state index is 0.0839. The van der Waals surface area contributed by atoms with E-state index < -0.39 is 12.2 Å². The second-order valence-electron chi connectivity index (χ2n) is 2.91. The first kappa shape index (κ1) is 12.3. The van der Waals surface area contributed by atoms with E-state index in [0.29, 0.717) is 4.47 Å². The second-order valence-corrected chi connectivity index (χ2v) is 3.82. The topological polar surface area (TPSA) is 35.2 Å². The molecule has 0 aliphatic rings. The highest BCUT2D eigenvalue weighted by molar-refractivity contribution is 9.10. The van der Waals surface area contributed by atoms with Crippen LogP contribution in [0.1, 0.15) is 11.6 Å².